The second-order valence-electron chi connectivity index (χ2n) is 8.31. The number of hydrogen-bond acceptors (Lipinski definition) is 6. The van der Waals surface area contributed by atoms with Crippen molar-refractivity contribution in [2.75, 3.05) is 83.9 Å². The van der Waals surface area contributed by atoms with E-state index in [0.29, 0.717) is 52.9 Å². The zero-order valence-electron chi connectivity index (χ0n) is 18.9. The smallest absolute Gasteiger partial charge is 0.0701 e. The van der Waals surface area contributed by atoms with Gasteiger partial charge in [-0.05, 0) is 32.4 Å². The lowest BCUT2D eigenvalue weighted by Crippen LogP contribution is -2.46. The predicted octanol–water partition coefficient (Wildman–Crippen LogP) is 3.07. The molecular formula is C24H38N2O4. The number of rotatable bonds is 3. The zero-order valence-corrected chi connectivity index (χ0v) is 18.9. The minimum absolute atomic E-state index is 0.0129. The van der Waals surface area contributed by atoms with Crippen LogP contribution in [-0.2, 0) is 18.9 Å². The summed E-state index contributed by atoms with van der Waals surface area (Å²) >= 11 is 0. The first-order valence-corrected chi connectivity index (χ1v) is 11.2. The SMILES string of the molecule is CCN1c2ccccc2C(CN2CCOCCOCCOCCOCC2)=CC1(C)C. The fourth-order valence-electron chi connectivity index (χ4n) is 4.24. The van der Waals surface area contributed by atoms with E-state index in [1.165, 1.54) is 16.8 Å². The molecule has 6 nitrogen and oxygen atoms in total. The van der Waals surface area contributed by atoms with Gasteiger partial charge in [0.25, 0.3) is 0 Å². The Labute approximate surface area is 181 Å². The molecule has 0 amide bonds. The summed E-state index contributed by atoms with van der Waals surface area (Å²) in [5.74, 6) is 0. The van der Waals surface area contributed by atoms with Crippen LogP contribution in [0.5, 0.6) is 0 Å². The van der Waals surface area contributed by atoms with Crippen LogP contribution < -0.4 is 4.90 Å². The third-order valence-electron chi connectivity index (χ3n) is 5.69. The molecular weight excluding hydrogens is 380 g/mol. The molecule has 1 aromatic rings. The van der Waals surface area contributed by atoms with Crippen LogP contribution in [0.1, 0.15) is 26.3 Å². The van der Waals surface area contributed by atoms with Crippen LogP contribution in [0, 0.1) is 0 Å². The van der Waals surface area contributed by atoms with Crippen molar-refractivity contribution in [1.29, 1.82) is 0 Å². The summed E-state index contributed by atoms with van der Waals surface area (Å²) in [7, 11) is 0. The van der Waals surface area contributed by atoms with Crippen molar-refractivity contribution < 1.29 is 18.9 Å². The molecule has 3 rings (SSSR count). The summed E-state index contributed by atoms with van der Waals surface area (Å²) in [6.07, 6.45) is 2.43. The summed E-state index contributed by atoms with van der Waals surface area (Å²) in [6.45, 7) is 15.5. The average Bonchev–Trinajstić information content (AvgIpc) is 2.73. The lowest BCUT2D eigenvalue weighted by atomic mass is 9.88. The standard InChI is InChI=1S/C24H38N2O4/c1-4-26-23-8-6-5-7-22(23)21(19-24(26,2)3)20-25-9-11-27-13-15-29-17-18-30-16-14-28-12-10-25/h5-8,19H,4,9-18,20H2,1-3H3. The molecule has 2 heterocycles. The van der Waals surface area contributed by atoms with Gasteiger partial charge in [-0.15, -0.1) is 0 Å². The van der Waals surface area contributed by atoms with Crippen molar-refractivity contribution in [2.24, 2.45) is 0 Å². The Hall–Kier alpha value is -1.44. The van der Waals surface area contributed by atoms with Crippen molar-refractivity contribution >= 4 is 11.3 Å². The molecule has 0 N–H and O–H groups in total. The highest BCUT2D eigenvalue weighted by Gasteiger charge is 2.31. The molecule has 0 spiro atoms. The summed E-state index contributed by atoms with van der Waals surface area (Å²) in [5.41, 5.74) is 4.02. The van der Waals surface area contributed by atoms with Gasteiger partial charge in [-0.1, -0.05) is 24.3 Å². The molecule has 1 aromatic carbocycles. The van der Waals surface area contributed by atoms with Crippen LogP contribution in [0.4, 0.5) is 5.69 Å². The Balaban J connectivity index is 1.69. The molecule has 0 saturated carbocycles. The lowest BCUT2D eigenvalue weighted by Gasteiger charge is -2.43. The normalized spacial score (nSPS) is 22.5. The highest BCUT2D eigenvalue weighted by Crippen LogP contribution is 2.38. The third kappa shape index (κ3) is 6.53. The van der Waals surface area contributed by atoms with Crippen molar-refractivity contribution in [2.45, 2.75) is 26.3 Å². The largest absolute Gasteiger partial charge is 0.378 e. The molecule has 0 radical (unpaired) electrons. The number of para-hydroxylation sites is 1. The molecule has 168 valence electrons. The van der Waals surface area contributed by atoms with E-state index in [-0.39, 0.29) is 5.54 Å². The second-order valence-corrected chi connectivity index (χ2v) is 8.31. The van der Waals surface area contributed by atoms with Crippen LogP contribution in [0.25, 0.3) is 5.57 Å². The van der Waals surface area contributed by atoms with Gasteiger partial charge in [-0.3, -0.25) is 4.90 Å². The molecule has 0 aliphatic carbocycles. The first-order chi connectivity index (χ1) is 14.6. The fourth-order valence-corrected chi connectivity index (χ4v) is 4.24. The van der Waals surface area contributed by atoms with Gasteiger partial charge in [-0.2, -0.15) is 0 Å². The number of ether oxygens (including phenoxy) is 4. The predicted molar refractivity (Wildman–Crippen MR) is 121 cm³/mol. The molecule has 2 aliphatic rings. The van der Waals surface area contributed by atoms with E-state index in [1.54, 1.807) is 0 Å². The fraction of sp³-hybridized carbons (Fsp3) is 0.667. The summed E-state index contributed by atoms with van der Waals surface area (Å²) in [6, 6.07) is 8.76. The molecule has 6 heteroatoms. The highest BCUT2D eigenvalue weighted by atomic mass is 16.6. The maximum Gasteiger partial charge on any atom is 0.0701 e. The first kappa shape index (κ1) is 23.2. The minimum atomic E-state index is -0.0129. The Bertz CT molecular complexity index is 661. The summed E-state index contributed by atoms with van der Waals surface area (Å²) in [4.78, 5) is 4.91. The molecule has 2 aliphatic heterocycles. The Morgan fingerprint density at radius 3 is 1.90 bits per heavy atom. The van der Waals surface area contributed by atoms with E-state index in [2.05, 4.69) is 60.9 Å². The van der Waals surface area contributed by atoms with E-state index in [1.807, 2.05) is 0 Å². The Morgan fingerprint density at radius 2 is 1.33 bits per heavy atom. The maximum atomic E-state index is 5.80. The number of anilines is 1. The Morgan fingerprint density at radius 1 is 0.800 bits per heavy atom. The van der Waals surface area contributed by atoms with Crippen LogP contribution in [0.15, 0.2) is 30.3 Å². The zero-order chi connectivity index (χ0) is 21.2. The number of benzene rings is 1. The highest BCUT2D eigenvalue weighted by molar-refractivity contribution is 5.82. The van der Waals surface area contributed by atoms with Crippen LogP contribution in [0.2, 0.25) is 0 Å². The summed E-state index contributed by atoms with van der Waals surface area (Å²) in [5, 5.41) is 0. The van der Waals surface area contributed by atoms with E-state index in [9.17, 15) is 0 Å². The number of nitrogens with zero attached hydrogens (tertiary/aromatic N) is 2. The minimum Gasteiger partial charge on any atom is -0.378 e. The van der Waals surface area contributed by atoms with E-state index < -0.39 is 0 Å². The van der Waals surface area contributed by atoms with Gasteiger partial charge >= 0.3 is 0 Å². The van der Waals surface area contributed by atoms with E-state index in [0.717, 1.165) is 26.2 Å². The second kappa shape index (κ2) is 11.8. The van der Waals surface area contributed by atoms with Gasteiger partial charge in [0.1, 0.15) is 0 Å². The number of likely N-dealkylation sites (N-methyl/N-ethyl adjacent to an activating group) is 1. The average molecular weight is 419 g/mol. The van der Waals surface area contributed by atoms with Crippen molar-refractivity contribution in [3.8, 4) is 0 Å². The van der Waals surface area contributed by atoms with Gasteiger partial charge in [-0.25, -0.2) is 0 Å². The molecule has 0 unspecified atom stereocenters. The van der Waals surface area contributed by atoms with Gasteiger partial charge in [0.15, 0.2) is 0 Å². The van der Waals surface area contributed by atoms with Crippen LogP contribution in [0.3, 0.4) is 0 Å². The monoisotopic (exact) mass is 418 g/mol. The maximum absolute atomic E-state index is 5.80. The van der Waals surface area contributed by atoms with Gasteiger partial charge in [0.2, 0.25) is 0 Å². The number of hydrogen-bond donors (Lipinski definition) is 0. The van der Waals surface area contributed by atoms with E-state index in [4.69, 9.17) is 18.9 Å². The molecule has 30 heavy (non-hydrogen) atoms. The van der Waals surface area contributed by atoms with Crippen molar-refractivity contribution in [3.05, 3.63) is 35.9 Å². The molecule has 1 fully saturated rings. The van der Waals surface area contributed by atoms with Crippen molar-refractivity contribution in [3.63, 3.8) is 0 Å². The van der Waals surface area contributed by atoms with Gasteiger partial charge < -0.3 is 23.8 Å². The molecule has 1 saturated heterocycles. The van der Waals surface area contributed by atoms with Crippen molar-refractivity contribution in [1.82, 2.24) is 4.90 Å². The first-order valence-electron chi connectivity index (χ1n) is 11.2. The quantitative estimate of drug-likeness (QED) is 0.752. The lowest BCUT2D eigenvalue weighted by molar-refractivity contribution is 0.00206. The third-order valence-corrected chi connectivity index (χ3v) is 5.69. The van der Waals surface area contributed by atoms with Gasteiger partial charge in [0, 0.05) is 37.4 Å². The van der Waals surface area contributed by atoms with E-state index >= 15 is 0 Å². The number of fused-ring (bicyclic) bond motifs is 1. The van der Waals surface area contributed by atoms with Crippen LogP contribution in [-0.4, -0.2) is 89.5 Å². The summed E-state index contributed by atoms with van der Waals surface area (Å²) < 4.78 is 22.6. The molecule has 0 aromatic heterocycles. The molecule has 0 bridgehead atoms. The Kier molecular flexibility index (Phi) is 9.15. The van der Waals surface area contributed by atoms with Gasteiger partial charge in [0.05, 0.1) is 58.4 Å². The molecule has 0 atom stereocenters. The van der Waals surface area contributed by atoms with Crippen LogP contribution >= 0.6 is 0 Å². The topological polar surface area (TPSA) is 43.4 Å².